The lowest BCUT2D eigenvalue weighted by Gasteiger charge is -2.05. The predicted octanol–water partition coefficient (Wildman–Crippen LogP) is 4.77. The SMILES string of the molecule is FC(F)Sc1ccc(-c2cc(Cl)nnc2Cl)cc1. The largest absolute Gasteiger partial charge is 0.288 e. The number of benzene rings is 1. The number of hydrogen-bond donors (Lipinski definition) is 0. The molecule has 0 aliphatic carbocycles. The van der Waals surface area contributed by atoms with Gasteiger partial charge in [-0.15, -0.1) is 10.2 Å². The zero-order valence-electron chi connectivity index (χ0n) is 8.78. The van der Waals surface area contributed by atoms with Crippen LogP contribution >= 0.6 is 35.0 Å². The third-order valence-corrected chi connectivity index (χ3v) is 3.30. The van der Waals surface area contributed by atoms with Crippen molar-refractivity contribution in [1.29, 1.82) is 0 Å². The molecule has 2 rings (SSSR count). The monoisotopic (exact) mass is 306 g/mol. The van der Waals surface area contributed by atoms with E-state index in [9.17, 15) is 8.78 Å². The van der Waals surface area contributed by atoms with E-state index < -0.39 is 5.76 Å². The Labute approximate surface area is 116 Å². The Bertz CT molecular complexity index is 549. The fourth-order valence-electron chi connectivity index (χ4n) is 1.37. The number of nitrogens with zero attached hydrogens (tertiary/aromatic N) is 2. The highest BCUT2D eigenvalue weighted by molar-refractivity contribution is 7.99. The molecule has 0 spiro atoms. The van der Waals surface area contributed by atoms with Gasteiger partial charge in [0.25, 0.3) is 5.76 Å². The van der Waals surface area contributed by atoms with Crippen LogP contribution in [0, 0.1) is 0 Å². The van der Waals surface area contributed by atoms with Crippen LogP contribution in [0.2, 0.25) is 10.3 Å². The highest BCUT2D eigenvalue weighted by Gasteiger charge is 2.09. The first kappa shape index (κ1) is 13.5. The fraction of sp³-hybridized carbons (Fsp3) is 0.0909. The zero-order valence-corrected chi connectivity index (χ0v) is 11.1. The maximum absolute atomic E-state index is 12.2. The second-order valence-corrected chi connectivity index (χ2v) is 5.08. The van der Waals surface area contributed by atoms with Crippen LogP contribution in [0.3, 0.4) is 0 Å². The summed E-state index contributed by atoms with van der Waals surface area (Å²) in [4.78, 5) is 0.484. The minimum Gasteiger partial charge on any atom is -0.198 e. The molecule has 0 bridgehead atoms. The van der Waals surface area contributed by atoms with E-state index >= 15 is 0 Å². The number of alkyl halides is 2. The van der Waals surface area contributed by atoms with Gasteiger partial charge in [-0.1, -0.05) is 47.1 Å². The van der Waals surface area contributed by atoms with Gasteiger partial charge in [0.15, 0.2) is 10.3 Å². The molecule has 18 heavy (non-hydrogen) atoms. The number of aromatic nitrogens is 2. The van der Waals surface area contributed by atoms with Crippen LogP contribution < -0.4 is 0 Å². The molecule has 0 aliphatic rings. The summed E-state index contributed by atoms with van der Waals surface area (Å²) < 4.78 is 24.3. The van der Waals surface area contributed by atoms with Gasteiger partial charge in [-0.2, -0.15) is 8.78 Å². The van der Waals surface area contributed by atoms with Crippen LogP contribution in [0.25, 0.3) is 11.1 Å². The van der Waals surface area contributed by atoms with E-state index in [1.54, 1.807) is 30.3 Å². The third-order valence-electron chi connectivity index (χ3n) is 2.11. The normalized spacial score (nSPS) is 10.9. The Balaban J connectivity index is 2.31. The van der Waals surface area contributed by atoms with Gasteiger partial charge >= 0.3 is 0 Å². The summed E-state index contributed by atoms with van der Waals surface area (Å²) >= 11 is 12.1. The smallest absolute Gasteiger partial charge is 0.198 e. The van der Waals surface area contributed by atoms with Crippen LogP contribution in [-0.2, 0) is 0 Å². The molecule has 2 nitrogen and oxygen atoms in total. The van der Waals surface area contributed by atoms with Crippen molar-refractivity contribution in [2.24, 2.45) is 0 Å². The summed E-state index contributed by atoms with van der Waals surface area (Å²) in [5, 5.41) is 7.73. The maximum atomic E-state index is 12.2. The lowest BCUT2D eigenvalue weighted by Crippen LogP contribution is -1.88. The minimum absolute atomic E-state index is 0.216. The standard InChI is InChI=1S/C11H6Cl2F2N2S/c12-9-5-8(10(13)17-16-9)6-1-3-7(4-2-6)18-11(14)15/h1-5,11H. The summed E-state index contributed by atoms with van der Waals surface area (Å²) in [6, 6.07) is 8.13. The molecule has 0 atom stereocenters. The third kappa shape index (κ3) is 3.31. The summed E-state index contributed by atoms with van der Waals surface area (Å²) in [6.07, 6.45) is 0. The first-order valence-electron chi connectivity index (χ1n) is 4.80. The Hall–Kier alpha value is -0.910. The average molecular weight is 307 g/mol. The van der Waals surface area contributed by atoms with Gasteiger partial charge in [0, 0.05) is 10.5 Å². The van der Waals surface area contributed by atoms with Crippen LogP contribution in [-0.4, -0.2) is 16.0 Å². The highest BCUT2D eigenvalue weighted by Crippen LogP contribution is 2.31. The molecule has 0 fully saturated rings. The quantitative estimate of drug-likeness (QED) is 0.764. The first-order chi connectivity index (χ1) is 8.56. The second kappa shape index (κ2) is 5.82. The molecular formula is C11H6Cl2F2N2S. The predicted molar refractivity (Wildman–Crippen MR) is 69.3 cm³/mol. The molecule has 0 radical (unpaired) electrons. The van der Waals surface area contributed by atoms with Crippen molar-refractivity contribution in [2.75, 3.05) is 0 Å². The van der Waals surface area contributed by atoms with Crippen molar-refractivity contribution >= 4 is 35.0 Å². The molecule has 0 unspecified atom stereocenters. The fourth-order valence-corrected chi connectivity index (χ4v) is 2.22. The molecule has 94 valence electrons. The van der Waals surface area contributed by atoms with Crippen LogP contribution in [0.1, 0.15) is 0 Å². The van der Waals surface area contributed by atoms with Gasteiger partial charge < -0.3 is 0 Å². The Kier molecular flexibility index (Phi) is 4.37. The zero-order chi connectivity index (χ0) is 13.1. The summed E-state index contributed by atoms with van der Waals surface area (Å²) in [5.74, 6) is -2.43. The summed E-state index contributed by atoms with van der Waals surface area (Å²) in [5.41, 5.74) is 1.36. The maximum Gasteiger partial charge on any atom is 0.288 e. The van der Waals surface area contributed by atoms with E-state index in [0.29, 0.717) is 22.2 Å². The molecule has 0 N–H and O–H groups in total. The Morgan fingerprint density at radius 3 is 2.33 bits per heavy atom. The van der Waals surface area contributed by atoms with Crippen LogP contribution in [0.4, 0.5) is 8.78 Å². The second-order valence-electron chi connectivity index (χ2n) is 3.27. The van der Waals surface area contributed by atoms with Crippen molar-refractivity contribution in [3.05, 3.63) is 40.6 Å². The van der Waals surface area contributed by atoms with Gasteiger partial charge in [0.05, 0.1) is 0 Å². The molecule has 1 heterocycles. The molecule has 1 aromatic heterocycles. The van der Waals surface area contributed by atoms with Crippen molar-refractivity contribution in [3.8, 4) is 11.1 Å². The van der Waals surface area contributed by atoms with Gasteiger partial charge in [-0.05, 0) is 23.8 Å². The van der Waals surface area contributed by atoms with E-state index in [4.69, 9.17) is 23.2 Å². The number of rotatable bonds is 3. The molecule has 2 aromatic rings. The molecule has 0 aliphatic heterocycles. The summed E-state index contributed by atoms with van der Waals surface area (Å²) in [6.45, 7) is 0. The number of hydrogen-bond acceptors (Lipinski definition) is 3. The van der Waals surface area contributed by atoms with Gasteiger partial charge in [-0.25, -0.2) is 0 Å². The molecule has 7 heteroatoms. The van der Waals surface area contributed by atoms with E-state index in [1.807, 2.05) is 0 Å². The van der Waals surface area contributed by atoms with Crippen molar-refractivity contribution in [3.63, 3.8) is 0 Å². The first-order valence-corrected chi connectivity index (χ1v) is 6.44. The Morgan fingerprint density at radius 1 is 1.06 bits per heavy atom. The molecule has 0 saturated heterocycles. The van der Waals surface area contributed by atoms with Gasteiger partial charge in [0.2, 0.25) is 0 Å². The van der Waals surface area contributed by atoms with Crippen molar-refractivity contribution in [2.45, 2.75) is 10.7 Å². The van der Waals surface area contributed by atoms with Crippen LogP contribution in [0.5, 0.6) is 0 Å². The molecule has 1 aromatic carbocycles. The minimum atomic E-state index is -2.43. The van der Waals surface area contributed by atoms with Crippen molar-refractivity contribution in [1.82, 2.24) is 10.2 Å². The number of thioether (sulfide) groups is 1. The lowest BCUT2D eigenvalue weighted by molar-refractivity contribution is 0.252. The van der Waals surface area contributed by atoms with Crippen molar-refractivity contribution < 1.29 is 8.78 Å². The average Bonchev–Trinajstić information content (AvgIpc) is 2.33. The topological polar surface area (TPSA) is 25.8 Å². The highest BCUT2D eigenvalue weighted by atomic mass is 35.5. The van der Waals surface area contributed by atoms with E-state index in [2.05, 4.69) is 10.2 Å². The van der Waals surface area contributed by atoms with E-state index in [0.717, 1.165) is 5.56 Å². The van der Waals surface area contributed by atoms with Crippen LogP contribution in [0.15, 0.2) is 35.2 Å². The molecular weight excluding hydrogens is 301 g/mol. The van der Waals surface area contributed by atoms with Gasteiger partial charge in [-0.3, -0.25) is 0 Å². The van der Waals surface area contributed by atoms with E-state index in [-0.39, 0.29) is 10.3 Å². The lowest BCUT2D eigenvalue weighted by atomic mass is 10.1. The van der Waals surface area contributed by atoms with Gasteiger partial charge in [0.1, 0.15) is 0 Å². The number of halogens is 4. The Morgan fingerprint density at radius 2 is 1.72 bits per heavy atom. The molecule has 0 saturated carbocycles. The summed E-state index contributed by atoms with van der Waals surface area (Å²) in [7, 11) is 0. The van der Waals surface area contributed by atoms with E-state index in [1.165, 1.54) is 0 Å². The molecule has 0 amide bonds.